The van der Waals surface area contributed by atoms with E-state index < -0.39 is 5.97 Å². The van der Waals surface area contributed by atoms with E-state index in [4.69, 9.17) is 9.84 Å². The van der Waals surface area contributed by atoms with Gasteiger partial charge >= 0.3 is 5.97 Å². The summed E-state index contributed by atoms with van der Waals surface area (Å²) in [4.78, 5) is 21.8. The van der Waals surface area contributed by atoms with Crippen LogP contribution in [-0.4, -0.2) is 24.1 Å². The fourth-order valence-corrected chi connectivity index (χ4v) is 1.53. The van der Waals surface area contributed by atoms with Crippen LogP contribution in [0.15, 0.2) is 24.3 Å². The number of amides is 1. The topological polar surface area (TPSA) is 75.6 Å². The van der Waals surface area contributed by atoms with Gasteiger partial charge in [-0.15, -0.1) is 0 Å². The summed E-state index contributed by atoms with van der Waals surface area (Å²) in [5.41, 5.74) is 1.67. The molecule has 1 aromatic carbocycles. The van der Waals surface area contributed by atoms with E-state index in [1.54, 1.807) is 13.2 Å². The van der Waals surface area contributed by atoms with Crippen molar-refractivity contribution in [2.75, 3.05) is 12.4 Å². The summed E-state index contributed by atoms with van der Waals surface area (Å²) in [5.74, 6) is -1.06. The van der Waals surface area contributed by atoms with Gasteiger partial charge in [0.2, 0.25) is 5.91 Å². The van der Waals surface area contributed by atoms with Crippen LogP contribution in [0.1, 0.15) is 24.8 Å². The minimum Gasteiger partial charge on any atom is -0.481 e. The first-order valence-corrected chi connectivity index (χ1v) is 5.71. The zero-order chi connectivity index (χ0) is 13.4. The van der Waals surface area contributed by atoms with Gasteiger partial charge in [0.15, 0.2) is 0 Å². The highest BCUT2D eigenvalue weighted by Gasteiger charge is 2.04. The third-order valence-electron chi connectivity index (χ3n) is 2.32. The van der Waals surface area contributed by atoms with Crippen LogP contribution in [-0.2, 0) is 20.9 Å². The number of nitrogens with one attached hydrogen (secondary N) is 1. The highest BCUT2D eigenvalue weighted by Crippen LogP contribution is 2.12. The Kier molecular flexibility index (Phi) is 5.87. The molecule has 5 heteroatoms. The molecule has 0 radical (unpaired) electrons. The molecule has 0 bridgehead atoms. The predicted molar refractivity (Wildman–Crippen MR) is 67.3 cm³/mol. The maximum Gasteiger partial charge on any atom is 0.303 e. The highest BCUT2D eigenvalue weighted by molar-refractivity contribution is 5.90. The number of carboxylic acid groups (broad SMARTS) is 1. The molecule has 5 nitrogen and oxygen atoms in total. The van der Waals surface area contributed by atoms with Crippen molar-refractivity contribution < 1.29 is 19.4 Å². The molecule has 0 unspecified atom stereocenters. The molecular weight excluding hydrogens is 234 g/mol. The summed E-state index contributed by atoms with van der Waals surface area (Å²) in [7, 11) is 1.61. The fraction of sp³-hybridized carbons (Fsp3) is 0.385. The van der Waals surface area contributed by atoms with Crippen molar-refractivity contribution in [1.82, 2.24) is 0 Å². The summed E-state index contributed by atoms with van der Waals surface area (Å²) >= 11 is 0. The minimum atomic E-state index is -0.884. The van der Waals surface area contributed by atoms with Crippen LogP contribution in [0.25, 0.3) is 0 Å². The first kappa shape index (κ1) is 14.2. The zero-order valence-electron chi connectivity index (χ0n) is 10.3. The van der Waals surface area contributed by atoms with Crippen LogP contribution >= 0.6 is 0 Å². The maximum absolute atomic E-state index is 11.5. The fourth-order valence-electron chi connectivity index (χ4n) is 1.53. The van der Waals surface area contributed by atoms with E-state index in [2.05, 4.69) is 5.32 Å². The number of carbonyl (C=O) groups excluding carboxylic acids is 1. The molecule has 18 heavy (non-hydrogen) atoms. The standard InChI is InChI=1S/C13H17NO4/c1-18-9-10-4-2-5-11(8-10)14-12(15)6-3-7-13(16)17/h2,4-5,8H,3,6-7,9H2,1H3,(H,14,15)(H,16,17). The van der Waals surface area contributed by atoms with Crippen LogP contribution in [0, 0.1) is 0 Å². The lowest BCUT2D eigenvalue weighted by Crippen LogP contribution is -2.12. The van der Waals surface area contributed by atoms with Crippen molar-refractivity contribution in [3.05, 3.63) is 29.8 Å². The number of hydrogen-bond acceptors (Lipinski definition) is 3. The third kappa shape index (κ3) is 5.45. The lowest BCUT2D eigenvalue weighted by atomic mass is 10.2. The molecule has 0 atom stereocenters. The number of methoxy groups -OCH3 is 1. The van der Waals surface area contributed by atoms with Gasteiger partial charge in [0.1, 0.15) is 0 Å². The van der Waals surface area contributed by atoms with E-state index in [-0.39, 0.29) is 18.7 Å². The average molecular weight is 251 g/mol. The molecule has 0 heterocycles. The average Bonchev–Trinajstić information content (AvgIpc) is 2.29. The van der Waals surface area contributed by atoms with Gasteiger partial charge in [0.05, 0.1) is 6.61 Å². The Morgan fingerprint density at radius 2 is 2.11 bits per heavy atom. The molecule has 0 saturated heterocycles. The van der Waals surface area contributed by atoms with E-state index in [1.165, 1.54) is 0 Å². The summed E-state index contributed by atoms with van der Waals surface area (Å²) in [5, 5.41) is 11.2. The molecule has 1 aromatic rings. The van der Waals surface area contributed by atoms with Gasteiger partial charge in [-0.25, -0.2) is 0 Å². The van der Waals surface area contributed by atoms with E-state index in [0.29, 0.717) is 18.7 Å². The van der Waals surface area contributed by atoms with Crippen LogP contribution in [0.2, 0.25) is 0 Å². The summed E-state index contributed by atoms with van der Waals surface area (Å²) in [6, 6.07) is 7.36. The van der Waals surface area contributed by atoms with E-state index >= 15 is 0 Å². The van der Waals surface area contributed by atoms with Crippen molar-refractivity contribution >= 4 is 17.6 Å². The second kappa shape index (κ2) is 7.45. The number of ether oxygens (including phenoxy) is 1. The number of benzene rings is 1. The summed E-state index contributed by atoms with van der Waals surface area (Å²) < 4.78 is 5.00. The van der Waals surface area contributed by atoms with Crippen molar-refractivity contribution in [1.29, 1.82) is 0 Å². The monoisotopic (exact) mass is 251 g/mol. The van der Waals surface area contributed by atoms with Gasteiger partial charge in [-0.3, -0.25) is 9.59 Å². The van der Waals surface area contributed by atoms with Crippen LogP contribution in [0.3, 0.4) is 0 Å². The molecule has 98 valence electrons. The second-order valence-electron chi connectivity index (χ2n) is 3.93. The van der Waals surface area contributed by atoms with E-state index in [9.17, 15) is 9.59 Å². The molecule has 1 rings (SSSR count). The molecule has 0 aliphatic carbocycles. The number of hydrogen-bond donors (Lipinski definition) is 2. The molecular formula is C13H17NO4. The van der Waals surface area contributed by atoms with E-state index in [1.807, 2.05) is 18.2 Å². The summed E-state index contributed by atoms with van der Waals surface area (Å²) in [6.45, 7) is 0.489. The van der Waals surface area contributed by atoms with Gasteiger partial charge < -0.3 is 15.2 Å². The molecule has 0 spiro atoms. The minimum absolute atomic E-state index is 0.0110. The van der Waals surface area contributed by atoms with Crippen LogP contribution in [0.5, 0.6) is 0 Å². The normalized spacial score (nSPS) is 10.1. The van der Waals surface area contributed by atoms with Crippen molar-refractivity contribution in [3.8, 4) is 0 Å². The maximum atomic E-state index is 11.5. The lowest BCUT2D eigenvalue weighted by molar-refractivity contribution is -0.137. The Morgan fingerprint density at radius 1 is 1.33 bits per heavy atom. The smallest absolute Gasteiger partial charge is 0.303 e. The van der Waals surface area contributed by atoms with Crippen molar-refractivity contribution in [2.24, 2.45) is 0 Å². The molecule has 0 saturated carbocycles. The molecule has 0 fully saturated rings. The Bertz CT molecular complexity index is 417. The number of aliphatic carboxylic acids is 1. The molecule has 0 aliphatic heterocycles. The molecule has 0 aliphatic rings. The van der Waals surface area contributed by atoms with Crippen LogP contribution < -0.4 is 5.32 Å². The third-order valence-corrected chi connectivity index (χ3v) is 2.32. The number of anilines is 1. The SMILES string of the molecule is COCc1cccc(NC(=O)CCCC(=O)O)c1. The number of rotatable bonds is 7. The number of carboxylic acids is 1. The number of carbonyl (C=O) groups is 2. The van der Waals surface area contributed by atoms with Gasteiger partial charge in [0, 0.05) is 25.6 Å². The molecule has 2 N–H and O–H groups in total. The lowest BCUT2D eigenvalue weighted by Gasteiger charge is -2.06. The van der Waals surface area contributed by atoms with Crippen molar-refractivity contribution in [2.45, 2.75) is 25.9 Å². The van der Waals surface area contributed by atoms with Gasteiger partial charge in [-0.2, -0.15) is 0 Å². The Hall–Kier alpha value is -1.88. The Labute approximate surface area is 106 Å². The highest BCUT2D eigenvalue weighted by atomic mass is 16.5. The zero-order valence-corrected chi connectivity index (χ0v) is 10.3. The van der Waals surface area contributed by atoms with Crippen molar-refractivity contribution in [3.63, 3.8) is 0 Å². The quantitative estimate of drug-likeness (QED) is 0.777. The van der Waals surface area contributed by atoms with Gasteiger partial charge in [-0.05, 0) is 24.1 Å². The van der Waals surface area contributed by atoms with Gasteiger partial charge in [-0.1, -0.05) is 12.1 Å². The largest absolute Gasteiger partial charge is 0.481 e. The first-order chi connectivity index (χ1) is 8.61. The summed E-state index contributed by atoms with van der Waals surface area (Å²) in [6.07, 6.45) is 0.566. The molecule has 0 aromatic heterocycles. The molecule has 1 amide bonds. The van der Waals surface area contributed by atoms with E-state index in [0.717, 1.165) is 5.56 Å². The Morgan fingerprint density at radius 3 is 2.78 bits per heavy atom. The first-order valence-electron chi connectivity index (χ1n) is 5.71. The van der Waals surface area contributed by atoms with Gasteiger partial charge in [0.25, 0.3) is 0 Å². The van der Waals surface area contributed by atoms with Crippen LogP contribution in [0.4, 0.5) is 5.69 Å². The second-order valence-corrected chi connectivity index (χ2v) is 3.93. The predicted octanol–water partition coefficient (Wildman–Crippen LogP) is 2.03. The Balaban J connectivity index is 2.43.